The van der Waals surface area contributed by atoms with Crippen LogP contribution in [0, 0.1) is 6.92 Å². The van der Waals surface area contributed by atoms with Gasteiger partial charge in [0.1, 0.15) is 5.76 Å². The minimum atomic E-state index is -0.682. The van der Waals surface area contributed by atoms with Crippen molar-refractivity contribution >= 4 is 0 Å². The molecule has 0 bridgehead atoms. The molecule has 1 heterocycles. The van der Waals surface area contributed by atoms with Crippen LogP contribution in [0.1, 0.15) is 18.1 Å². The van der Waals surface area contributed by atoms with Crippen LogP contribution < -0.4 is 5.63 Å². The predicted molar refractivity (Wildman–Crippen MR) is 66.2 cm³/mol. The highest BCUT2D eigenvalue weighted by atomic mass is 16.4. The maximum absolute atomic E-state index is 11.5. The lowest BCUT2D eigenvalue weighted by Crippen LogP contribution is -2.05. The van der Waals surface area contributed by atoms with Crippen molar-refractivity contribution in [3.05, 3.63) is 51.9 Å². The summed E-state index contributed by atoms with van der Waals surface area (Å²) >= 11 is 0. The summed E-state index contributed by atoms with van der Waals surface area (Å²) in [6.07, 6.45) is 0.702. The first kappa shape index (κ1) is 11.5. The zero-order valence-electron chi connectivity index (χ0n) is 9.86. The molecule has 17 heavy (non-hydrogen) atoms. The van der Waals surface area contributed by atoms with Gasteiger partial charge < -0.3 is 9.52 Å². The Bertz CT molecular complexity index is 582. The Balaban J connectivity index is 2.74. The fourth-order valence-corrected chi connectivity index (χ4v) is 1.92. The number of hydrogen-bond donors (Lipinski definition) is 1. The van der Waals surface area contributed by atoms with E-state index in [1.165, 1.54) is 0 Å². The topological polar surface area (TPSA) is 50.4 Å². The van der Waals surface area contributed by atoms with Crippen LogP contribution in [0.3, 0.4) is 0 Å². The first-order valence-electron chi connectivity index (χ1n) is 5.56. The van der Waals surface area contributed by atoms with Crippen molar-refractivity contribution in [3.63, 3.8) is 0 Å². The Hall–Kier alpha value is -2.03. The molecule has 0 aliphatic carbocycles. The average Bonchev–Trinajstić information content (AvgIpc) is 2.36. The summed E-state index contributed by atoms with van der Waals surface area (Å²) in [5.41, 5.74) is 1.64. The minimum Gasteiger partial charge on any atom is -0.502 e. The standard InChI is InChI=1S/C14H14O3/c1-3-11-9(2)12(15)14(16)17-13(11)10-7-5-4-6-8-10/h4-8,15H,3H2,1-2H3. The van der Waals surface area contributed by atoms with E-state index in [1.807, 2.05) is 37.3 Å². The lowest BCUT2D eigenvalue weighted by molar-refractivity contribution is 0.410. The fourth-order valence-electron chi connectivity index (χ4n) is 1.92. The van der Waals surface area contributed by atoms with Gasteiger partial charge in [-0.25, -0.2) is 4.79 Å². The number of rotatable bonds is 2. The molecule has 0 spiro atoms. The van der Waals surface area contributed by atoms with E-state index in [1.54, 1.807) is 6.92 Å². The van der Waals surface area contributed by atoms with Crippen LogP contribution in [0.4, 0.5) is 0 Å². The van der Waals surface area contributed by atoms with Gasteiger partial charge >= 0.3 is 5.63 Å². The molecule has 3 nitrogen and oxygen atoms in total. The van der Waals surface area contributed by atoms with Gasteiger partial charge in [0.15, 0.2) is 0 Å². The lowest BCUT2D eigenvalue weighted by atomic mass is 10.0. The van der Waals surface area contributed by atoms with Gasteiger partial charge in [0.2, 0.25) is 5.75 Å². The molecule has 0 radical (unpaired) electrons. The third-order valence-corrected chi connectivity index (χ3v) is 2.86. The Morgan fingerprint density at radius 3 is 2.47 bits per heavy atom. The number of aromatic hydroxyl groups is 1. The summed E-state index contributed by atoms with van der Waals surface area (Å²) in [4.78, 5) is 11.5. The predicted octanol–water partition coefficient (Wildman–Crippen LogP) is 2.88. The zero-order chi connectivity index (χ0) is 12.4. The summed E-state index contributed by atoms with van der Waals surface area (Å²) in [6.45, 7) is 3.70. The second kappa shape index (κ2) is 4.45. The van der Waals surface area contributed by atoms with E-state index in [0.29, 0.717) is 17.7 Å². The van der Waals surface area contributed by atoms with Gasteiger partial charge in [-0.2, -0.15) is 0 Å². The van der Waals surface area contributed by atoms with Crippen molar-refractivity contribution in [2.24, 2.45) is 0 Å². The molecular formula is C14H14O3. The van der Waals surface area contributed by atoms with Crippen molar-refractivity contribution in [1.29, 1.82) is 0 Å². The van der Waals surface area contributed by atoms with Crippen LogP contribution in [-0.4, -0.2) is 5.11 Å². The molecule has 2 aromatic rings. The van der Waals surface area contributed by atoms with E-state index in [0.717, 1.165) is 11.1 Å². The normalized spacial score (nSPS) is 10.5. The van der Waals surface area contributed by atoms with Gasteiger partial charge in [0, 0.05) is 16.7 Å². The highest BCUT2D eigenvalue weighted by Gasteiger charge is 2.15. The summed E-state index contributed by atoms with van der Waals surface area (Å²) in [7, 11) is 0. The largest absolute Gasteiger partial charge is 0.502 e. The molecule has 0 saturated heterocycles. The van der Waals surface area contributed by atoms with Crippen LogP contribution in [0.5, 0.6) is 5.75 Å². The van der Waals surface area contributed by atoms with E-state index >= 15 is 0 Å². The third-order valence-electron chi connectivity index (χ3n) is 2.86. The molecule has 1 aromatic carbocycles. The molecule has 3 heteroatoms. The first-order chi connectivity index (χ1) is 8.15. The van der Waals surface area contributed by atoms with E-state index < -0.39 is 5.63 Å². The second-order valence-corrected chi connectivity index (χ2v) is 3.89. The molecule has 0 saturated carbocycles. The van der Waals surface area contributed by atoms with Crippen LogP contribution in [-0.2, 0) is 6.42 Å². The fraction of sp³-hybridized carbons (Fsp3) is 0.214. The summed E-state index contributed by atoms with van der Waals surface area (Å²) < 4.78 is 5.19. The Kier molecular flexibility index (Phi) is 3.00. The molecule has 0 amide bonds. The monoisotopic (exact) mass is 230 g/mol. The lowest BCUT2D eigenvalue weighted by Gasteiger charge is -2.10. The van der Waals surface area contributed by atoms with Crippen LogP contribution in [0.15, 0.2) is 39.5 Å². The maximum Gasteiger partial charge on any atom is 0.379 e. The average molecular weight is 230 g/mol. The summed E-state index contributed by atoms with van der Waals surface area (Å²) in [5.74, 6) is 0.259. The van der Waals surface area contributed by atoms with Crippen molar-refractivity contribution in [2.75, 3.05) is 0 Å². The van der Waals surface area contributed by atoms with Gasteiger partial charge in [-0.3, -0.25) is 0 Å². The Morgan fingerprint density at radius 1 is 1.24 bits per heavy atom. The van der Waals surface area contributed by atoms with Crippen LogP contribution in [0.2, 0.25) is 0 Å². The molecule has 0 atom stereocenters. The van der Waals surface area contributed by atoms with Gasteiger partial charge in [-0.1, -0.05) is 37.3 Å². The molecule has 0 fully saturated rings. The van der Waals surface area contributed by atoms with Crippen molar-refractivity contribution in [3.8, 4) is 17.1 Å². The van der Waals surface area contributed by atoms with Crippen LogP contribution >= 0.6 is 0 Å². The van der Waals surface area contributed by atoms with Gasteiger partial charge in [0.25, 0.3) is 0 Å². The van der Waals surface area contributed by atoms with Gasteiger partial charge in [0.05, 0.1) is 0 Å². The van der Waals surface area contributed by atoms with Gasteiger partial charge in [-0.05, 0) is 13.3 Å². The second-order valence-electron chi connectivity index (χ2n) is 3.89. The van der Waals surface area contributed by atoms with E-state index in [2.05, 4.69) is 0 Å². The quantitative estimate of drug-likeness (QED) is 0.863. The Morgan fingerprint density at radius 2 is 1.88 bits per heavy atom. The van der Waals surface area contributed by atoms with E-state index in [4.69, 9.17) is 4.42 Å². The van der Waals surface area contributed by atoms with Crippen molar-refractivity contribution in [1.82, 2.24) is 0 Å². The van der Waals surface area contributed by atoms with Crippen LogP contribution in [0.25, 0.3) is 11.3 Å². The molecule has 0 aliphatic heterocycles. The molecule has 1 N–H and O–H groups in total. The highest BCUT2D eigenvalue weighted by molar-refractivity contribution is 5.63. The molecule has 2 rings (SSSR count). The van der Waals surface area contributed by atoms with E-state index in [9.17, 15) is 9.90 Å². The minimum absolute atomic E-state index is 0.290. The maximum atomic E-state index is 11.5. The zero-order valence-corrected chi connectivity index (χ0v) is 9.86. The number of hydrogen-bond acceptors (Lipinski definition) is 3. The first-order valence-corrected chi connectivity index (χ1v) is 5.56. The Labute approximate surface area is 99.3 Å². The van der Waals surface area contributed by atoms with E-state index in [-0.39, 0.29) is 5.75 Å². The summed E-state index contributed by atoms with van der Waals surface area (Å²) in [5, 5.41) is 9.58. The highest BCUT2D eigenvalue weighted by Crippen LogP contribution is 2.28. The van der Waals surface area contributed by atoms with Gasteiger partial charge in [-0.15, -0.1) is 0 Å². The molecular weight excluding hydrogens is 216 g/mol. The molecule has 0 aliphatic rings. The van der Waals surface area contributed by atoms with Crippen molar-refractivity contribution in [2.45, 2.75) is 20.3 Å². The molecule has 88 valence electrons. The SMILES string of the molecule is CCc1c(-c2ccccc2)oc(=O)c(O)c1C. The smallest absolute Gasteiger partial charge is 0.379 e. The molecule has 1 aromatic heterocycles. The molecule has 0 unspecified atom stereocenters. The van der Waals surface area contributed by atoms with Crippen molar-refractivity contribution < 1.29 is 9.52 Å². The number of benzene rings is 1. The summed E-state index contributed by atoms with van der Waals surface area (Å²) in [6, 6.07) is 9.44. The third kappa shape index (κ3) is 1.96.